The largest absolute Gasteiger partial charge is 0.497 e. The fourth-order valence-corrected chi connectivity index (χ4v) is 2.92. The molecule has 1 heterocycles. The van der Waals surface area contributed by atoms with E-state index in [-0.39, 0.29) is 12.0 Å². The van der Waals surface area contributed by atoms with Gasteiger partial charge in [-0.2, -0.15) is 0 Å². The van der Waals surface area contributed by atoms with Gasteiger partial charge in [0.05, 0.1) is 13.7 Å². The number of nitrogens with one attached hydrogen (secondary N) is 1. The normalized spacial score (nSPS) is 15.4. The Morgan fingerprint density at radius 3 is 2.96 bits per heavy atom. The van der Waals surface area contributed by atoms with Crippen LogP contribution in [0.5, 0.6) is 17.2 Å². The highest BCUT2D eigenvalue weighted by Crippen LogP contribution is 2.35. The van der Waals surface area contributed by atoms with Crippen LogP contribution in [-0.4, -0.2) is 25.7 Å². The molecule has 0 bridgehead atoms. The monoisotopic (exact) mass is 353 g/mol. The lowest BCUT2D eigenvalue weighted by atomic mass is 10.1. The van der Waals surface area contributed by atoms with Crippen molar-refractivity contribution in [1.29, 1.82) is 0 Å². The molecule has 5 nitrogen and oxygen atoms in total. The molecular weight excluding hydrogens is 330 g/mol. The van der Waals surface area contributed by atoms with Gasteiger partial charge in [-0.05, 0) is 44.2 Å². The Bertz CT molecular complexity index is 829. The van der Waals surface area contributed by atoms with Crippen LogP contribution in [0.15, 0.2) is 42.5 Å². The van der Waals surface area contributed by atoms with Gasteiger partial charge in [-0.1, -0.05) is 6.07 Å². The van der Waals surface area contributed by atoms with Gasteiger partial charge in [-0.25, -0.2) is 0 Å². The van der Waals surface area contributed by atoms with Crippen LogP contribution < -0.4 is 19.5 Å². The van der Waals surface area contributed by atoms with Gasteiger partial charge in [-0.3, -0.25) is 4.79 Å². The number of rotatable bonds is 6. The molecule has 3 rings (SSSR count). The van der Waals surface area contributed by atoms with Crippen molar-refractivity contribution in [2.24, 2.45) is 0 Å². The molecule has 0 aromatic heterocycles. The number of fused-ring (bicyclic) bond motifs is 1. The molecule has 1 unspecified atom stereocenters. The molecule has 2 aromatic carbocycles. The Balaban J connectivity index is 1.76. The second kappa shape index (κ2) is 7.95. The Morgan fingerprint density at radius 2 is 2.19 bits per heavy atom. The van der Waals surface area contributed by atoms with Gasteiger partial charge < -0.3 is 19.5 Å². The predicted octanol–water partition coefficient (Wildman–Crippen LogP) is 4.07. The van der Waals surface area contributed by atoms with Crippen molar-refractivity contribution in [2.45, 2.75) is 26.4 Å². The summed E-state index contributed by atoms with van der Waals surface area (Å²) in [5.41, 5.74) is 2.63. The van der Waals surface area contributed by atoms with Crippen molar-refractivity contribution in [3.63, 3.8) is 0 Å². The van der Waals surface area contributed by atoms with E-state index < -0.39 is 0 Å². The van der Waals surface area contributed by atoms with Crippen LogP contribution in [-0.2, 0) is 11.2 Å². The maximum absolute atomic E-state index is 12.2. The number of hydrogen-bond acceptors (Lipinski definition) is 4. The summed E-state index contributed by atoms with van der Waals surface area (Å²) >= 11 is 0. The lowest BCUT2D eigenvalue weighted by Gasteiger charge is -2.10. The molecule has 136 valence electrons. The third-order valence-corrected chi connectivity index (χ3v) is 4.08. The lowest BCUT2D eigenvalue weighted by Crippen LogP contribution is -2.07. The summed E-state index contributed by atoms with van der Waals surface area (Å²) in [6.07, 6.45) is 4.26. The molecule has 0 saturated carbocycles. The van der Waals surface area contributed by atoms with Gasteiger partial charge in [0.2, 0.25) is 5.91 Å². The lowest BCUT2D eigenvalue weighted by molar-refractivity contribution is -0.111. The third-order valence-electron chi connectivity index (χ3n) is 4.08. The molecular formula is C21H23NO4. The van der Waals surface area contributed by atoms with Gasteiger partial charge >= 0.3 is 0 Å². The van der Waals surface area contributed by atoms with Crippen molar-refractivity contribution < 1.29 is 19.0 Å². The summed E-state index contributed by atoms with van der Waals surface area (Å²) in [6.45, 7) is 4.54. The van der Waals surface area contributed by atoms with E-state index in [0.717, 1.165) is 29.0 Å². The van der Waals surface area contributed by atoms with Gasteiger partial charge in [0.1, 0.15) is 23.4 Å². The number of anilines is 1. The van der Waals surface area contributed by atoms with Crippen LogP contribution in [0.2, 0.25) is 0 Å². The molecule has 5 heteroatoms. The number of carbonyl (C=O) groups is 1. The van der Waals surface area contributed by atoms with E-state index in [1.54, 1.807) is 19.3 Å². The maximum Gasteiger partial charge on any atom is 0.248 e. The van der Waals surface area contributed by atoms with Crippen LogP contribution >= 0.6 is 0 Å². The molecule has 1 aliphatic rings. The average molecular weight is 353 g/mol. The molecule has 0 aliphatic carbocycles. The fraction of sp³-hybridized carbons (Fsp3) is 0.286. The van der Waals surface area contributed by atoms with E-state index in [1.807, 2.05) is 44.2 Å². The van der Waals surface area contributed by atoms with Crippen LogP contribution in [0.1, 0.15) is 25.0 Å². The van der Waals surface area contributed by atoms with Crippen LogP contribution in [0.3, 0.4) is 0 Å². The van der Waals surface area contributed by atoms with E-state index in [4.69, 9.17) is 14.2 Å². The maximum atomic E-state index is 12.2. The highest BCUT2D eigenvalue weighted by molar-refractivity contribution is 6.02. The van der Waals surface area contributed by atoms with Crippen LogP contribution in [0, 0.1) is 0 Å². The van der Waals surface area contributed by atoms with Crippen molar-refractivity contribution >= 4 is 17.7 Å². The van der Waals surface area contributed by atoms with Gasteiger partial charge in [0.15, 0.2) is 0 Å². The topological polar surface area (TPSA) is 56.8 Å². The molecule has 26 heavy (non-hydrogen) atoms. The molecule has 1 aliphatic heterocycles. The molecule has 1 amide bonds. The molecule has 0 saturated heterocycles. The SMILES string of the molecule is CCOc1cc2c(cc1/C=C/C(=O)Nc1cccc(OC)c1)OC(C)C2. The zero-order valence-electron chi connectivity index (χ0n) is 15.2. The Hall–Kier alpha value is -2.95. The quantitative estimate of drug-likeness (QED) is 0.796. The molecule has 0 spiro atoms. The van der Waals surface area contributed by atoms with E-state index in [0.29, 0.717) is 18.0 Å². The van der Waals surface area contributed by atoms with Gasteiger partial charge in [0.25, 0.3) is 0 Å². The number of methoxy groups -OCH3 is 1. The van der Waals surface area contributed by atoms with Crippen molar-refractivity contribution in [3.05, 3.63) is 53.6 Å². The highest BCUT2D eigenvalue weighted by atomic mass is 16.5. The minimum absolute atomic E-state index is 0.162. The second-order valence-electron chi connectivity index (χ2n) is 6.12. The summed E-state index contributed by atoms with van der Waals surface area (Å²) < 4.78 is 16.7. The first-order valence-electron chi connectivity index (χ1n) is 8.68. The Kier molecular flexibility index (Phi) is 5.46. The van der Waals surface area contributed by atoms with Crippen LogP contribution in [0.25, 0.3) is 6.08 Å². The standard InChI is InChI=1S/C21H23NO4/c1-4-25-19-12-16-10-14(2)26-20(16)11-15(19)8-9-21(23)22-17-6-5-7-18(13-17)24-3/h5-9,11-14H,4,10H2,1-3H3,(H,22,23)/b9-8+. The first-order chi connectivity index (χ1) is 12.6. The van der Waals surface area contributed by atoms with Gasteiger partial charge in [-0.15, -0.1) is 0 Å². The average Bonchev–Trinajstić information content (AvgIpc) is 2.99. The zero-order chi connectivity index (χ0) is 18.5. The zero-order valence-corrected chi connectivity index (χ0v) is 15.2. The first kappa shape index (κ1) is 17.9. The van der Waals surface area contributed by atoms with Crippen molar-refractivity contribution in [2.75, 3.05) is 19.0 Å². The molecule has 1 N–H and O–H groups in total. The van der Waals surface area contributed by atoms with E-state index in [9.17, 15) is 4.79 Å². The molecule has 1 atom stereocenters. The van der Waals surface area contributed by atoms with Crippen molar-refractivity contribution in [1.82, 2.24) is 0 Å². The summed E-state index contributed by atoms with van der Waals surface area (Å²) in [5.74, 6) is 2.08. The van der Waals surface area contributed by atoms with E-state index >= 15 is 0 Å². The third kappa shape index (κ3) is 4.17. The first-order valence-corrected chi connectivity index (χ1v) is 8.68. The summed E-state index contributed by atoms with van der Waals surface area (Å²) in [7, 11) is 1.59. The number of amides is 1. The number of benzene rings is 2. The Labute approximate surface area is 153 Å². The van der Waals surface area contributed by atoms with E-state index in [2.05, 4.69) is 5.32 Å². The number of ether oxygens (including phenoxy) is 3. The minimum Gasteiger partial charge on any atom is -0.497 e. The van der Waals surface area contributed by atoms with Gasteiger partial charge in [0, 0.05) is 35.4 Å². The van der Waals surface area contributed by atoms with Crippen molar-refractivity contribution in [3.8, 4) is 17.2 Å². The smallest absolute Gasteiger partial charge is 0.248 e. The Morgan fingerprint density at radius 1 is 1.35 bits per heavy atom. The molecule has 0 fully saturated rings. The molecule has 2 aromatic rings. The molecule has 0 radical (unpaired) electrons. The van der Waals surface area contributed by atoms with E-state index in [1.165, 1.54) is 6.08 Å². The summed E-state index contributed by atoms with van der Waals surface area (Å²) in [4.78, 5) is 12.2. The highest BCUT2D eigenvalue weighted by Gasteiger charge is 2.21. The predicted molar refractivity (Wildman–Crippen MR) is 102 cm³/mol. The fourth-order valence-electron chi connectivity index (χ4n) is 2.92. The number of carbonyl (C=O) groups excluding carboxylic acids is 1. The minimum atomic E-state index is -0.226. The summed E-state index contributed by atoms with van der Waals surface area (Å²) in [6, 6.07) is 11.2. The number of hydrogen-bond donors (Lipinski definition) is 1. The van der Waals surface area contributed by atoms with Crippen LogP contribution in [0.4, 0.5) is 5.69 Å². The second-order valence-corrected chi connectivity index (χ2v) is 6.12. The summed E-state index contributed by atoms with van der Waals surface area (Å²) in [5, 5.41) is 2.82.